The van der Waals surface area contributed by atoms with E-state index in [1.165, 1.54) is 12.2 Å². The summed E-state index contributed by atoms with van der Waals surface area (Å²) in [6.45, 7) is 0. The van der Waals surface area contributed by atoms with E-state index in [-0.39, 0.29) is 12.3 Å². The summed E-state index contributed by atoms with van der Waals surface area (Å²) in [6, 6.07) is 17.7. The van der Waals surface area contributed by atoms with Crippen LogP contribution < -0.4 is 10.9 Å². The first-order valence-electron chi connectivity index (χ1n) is 8.37. The van der Waals surface area contributed by atoms with Crippen molar-refractivity contribution in [3.05, 3.63) is 88.1 Å². The zero-order valence-corrected chi connectivity index (χ0v) is 16.1. The van der Waals surface area contributed by atoms with E-state index in [2.05, 4.69) is 10.9 Å². The third-order valence-electron chi connectivity index (χ3n) is 3.75. The molecule has 0 radical (unpaired) electrons. The Morgan fingerprint density at radius 1 is 0.964 bits per heavy atom. The highest BCUT2D eigenvalue weighted by atomic mass is 35.5. The Morgan fingerprint density at radius 2 is 1.75 bits per heavy atom. The molecular weight excluding hydrogens is 399 g/mol. The van der Waals surface area contributed by atoms with Gasteiger partial charge < -0.3 is 4.42 Å². The number of amides is 2. The van der Waals surface area contributed by atoms with Gasteiger partial charge in [-0.25, -0.2) is 0 Å². The largest absolute Gasteiger partial charge is 0.457 e. The summed E-state index contributed by atoms with van der Waals surface area (Å²) >= 11 is 12.1. The van der Waals surface area contributed by atoms with Crippen molar-refractivity contribution in [3.8, 4) is 11.3 Å². The maximum atomic E-state index is 11.9. The normalized spacial score (nSPS) is 10.8. The van der Waals surface area contributed by atoms with Crippen LogP contribution in [0.1, 0.15) is 11.3 Å². The summed E-state index contributed by atoms with van der Waals surface area (Å²) < 4.78 is 5.66. The molecule has 7 heteroatoms. The van der Waals surface area contributed by atoms with Crippen molar-refractivity contribution < 1.29 is 14.0 Å². The summed E-state index contributed by atoms with van der Waals surface area (Å²) in [5, 5.41) is 1.05. The van der Waals surface area contributed by atoms with Crippen LogP contribution in [0.4, 0.5) is 0 Å². The highest BCUT2D eigenvalue weighted by Gasteiger charge is 2.09. The molecule has 0 aliphatic heterocycles. The molecule has 0 spiro atoms. The summed E-state index contributed by atoms with van der Waals surface area (Å²) in [5.41, 5.74) is 6.19. The van der Waals surface area contributed by atoms with E-state index < -0.39 is 5.91 Å². The molecule has 2 aromatic carbocycles. The van der Waals surface area contributed by atoms with E-state index in [0.29, 0.717) is 27.1 Å². The van der Waals surface area contributed by atoms with Crippen LogP contribution in [0.15, 0.2) is 71.2 Å². The molecule has 0 unspecified atom stereocenters. The molecule has 0 bridgehead atoms. The molecule has 0 aliphatic rings. The first-order valence-corrected chi connectivity index (χ1v) is 9.13. The van der Waals surface area contributed by atoms with Crippen molar-refractivity contribution in [2.24, 2.45) is 0 Å². The zero-order chi connectivity index (χ0) is 19.9. The molecule has 1 aromatic heterocycles. The number of hydrogen-bond acceptors (Lipinski definition) is 3. The van der Waals surface area contributed by atoms with Gasteiger partial charge in [0.2, 0.25) is 5.91 Å². The maximum absolute atomic E-state index is 11.9. The lowest BCUT2D eigenvalue weighted by Crippen LogP contribution is -2.41. The average molecular weight is 415 g/mol. The van der Waals surface area contributed by atoms with E-state index in [1.807, 2.05) is 30.3 Å². The summed E-state index contributed by atoms with van der Waals surface area (Å²) in [5.74, 6) is 0.185. The number of hydrazine groups is 1. The predicted molar refractivity (Wildman–Crippen MR) is 110 cm³/mol. The number of carbonyl (C=O) groups excluding carboxylic acids is 2. The predicted octanol–water partition coefficient (Wildman–Crippen LogP) is 4.66. The van der Waals surface area contributed by atoms with Crippen LogP contribution in [0, 0.1) is 0 Å². The highest BCUT2D eigenvalue weighted by Crippen LogP contribution is 2.31. The SMILES string of the molecule is O=C(/C=C\c1ccc(-c2cc(Cl)ccc2Cl)o1)NNC(=O)Cc1ccccc1. The van der Waals surface area contributed by atoms with Gasteiger partial charge in [-0.1, -0.05) is 53.5 Å². The molecule has 0 fully saturated rings. The maximum Gasteiger partial charge on any atom is 0.262 e. The lowest BCUT2D eigenvalue weighted by Gasteiger charge is -2.05. The van der Waals surface area contributed by atoms with Gasteiger partial charge in [-0.3, -0.25) is 20.4 Å². The number of furan rings is 1. The lowest BCUT2D eigenvalue weighted by atomic mass is 10.1. The van der Waals surface area contributed by atoms with Gasteiger partial charge in [0.15, 0.2) is 0 Å². The number of carbonyl (C=O) groups is 2. The van der Waals surface area contributed by atoms with Gasteiger partial charge in [0, 0.05) is 16.7 Å². The Bertz CT molecular complexity index is 1010. The average Bonchev–Trinajstić information content (AvgIpc) is 3.16. The molecule has 3 rings (SSSR count). The van der Waals surface area contributed by atoms with Crippen LogP contribution in [0.5, 0.6) is 0 Å². The molecule has 0 saturated carbocycles. The van der Waals surface area contributed by atoms with Crippen molar-refractivity contribution in [2.75, 3.05) is 0 Å². The van der Waals surface area contributed by atoms with Crippen LogP contribution in [0.3, 0.4) is 0 Å². The molecule has 5 nitrogen and oxygen atoms in total. The fraction of sp³-hybridized carbons (Fsp3) is 0.0476. The van der Waals surface area contributed by atoms with Crippen LogP contribution >= 0.6 is 23.2 Å². The second-order valence-electron chi connectivity index (χ2n) is 5.86. The van der Waals surface area contributed by atoms with Crippen LogP contribution in [0.25, 0.3) is 17.4 Å². The molecule has 3 aromatic rings. The summed E-state index contributed by atoms with van der Waals surface area (Å²) in [7, 11) is 0. The second-order valence-corrected chi connectivity index (χ2v) is 6.70. The van der Waals surface area contributed by atoms with Gasteiger partial charge in [0.25, 0.3) is 5.91 Å². The minimum atomic E-state index is -0.486. The van der Waals surface area contributed by atoms with E-state index in [9.17, 15) is 9.59 Å². The Labute approximate surface area is 171 Å². The first-order chi connectivity index (χ1) is 13.5. The third-order valence-corrected chi connectivity index (χ3v) is 4.32. The molecule has 2 amide bonds. The number of nitrogens with one attached hydrogen (secondary N) is 2. The van der Waals surface area contributed by atoms with Gasteiger partial charge in [0.1, 0.15) is 11.5 Å². The van der Waals surface area contributed by atoms with Crippen LogP contribution in [-0.2, 0) is 16.0 Å². The van der Waals surface area contributed by atoms with Gasteiger partial charge in [-0.15, -0.1) is 0 Å². The molecule has 0 saturated heterocycles. The number of rotatable bonds is 5. The van der Waals surface area contributed by atoms with E-state index in [0.717, 1.165) is 5.56 Å². The van der Waals surface area contributed by atoms with Gasteiger partial charge in [0.05, 0.1) is 11.4 Å². The molecule has 0 aliphatic carbocycles. The quantitative estimate of drug-likeness (QED) is 0.471. The van der Waals surface area contributed by atoms with Crippen molar-refractivity contribution in [1.29, 1.82) is 0 Å². The molecule has 1 heterocycles. The molecule has 28 heavy (non-hydrogen) atoms. The number of benzene rings is 2. The monoisotopic (exact) mass is 414 g/mol. The Balaban J connectivity index is 1.54. The Morgan fingerprint density at radius 3 is 2.54 bits per heavy atom. The standard InChI is InChI=1S/C21H16Cl2N2O3/c22-15-6-9-18(23)17(13-15)19-10-7-16(28-19)8-11-20(26)24-25-21(27)12-14-4-2-1-3-5-14/h1-11,13H,12H2,(H,24,26)(H,25,27)/b11-8-. The molecule has 2 N–H and O–H groups in total. The van der Waals surface area contributed by atoms with Gasteiger partial charge in [-0.2, -0.15) is 0 Å². The van der Waals surface area contributed by atoms with Crippen molar-refractivity contribution in [1.82, 2.24) is 10.9 Å². The first kappa shape index (κ1) is 19.7. The molecule has 0 atom stereocenters. The minimum Gasteiger partial charge on any atom is -0.457 e. The van der Waals surface area contributed by atoms with E-state index in [1.54, 1.807) is 30.3 Å². The second kappa shape index (κ2) is 9.26. The minimum absolute atomic E-state index is 0.173. The number of hydrogen-bond donors (Lipinski definition) is 2. The fourth-order valence-corrected chi connectivity index (χ4v) is 2.81. The third kappa shape index (κ3) is 5.49. The molecule has 142 valence electrons. The van der Waals surface area contributed by atoms with Crippen molar-refractivity contribution in [3.63, 3.8) is 0 Å². The van der Waals surface area contributed by atoms with Crippen molar-refractivity contribution in [2.45, 2.75) is 6.42 Å². The van der Waals surface area contributed by atoms with E-state index in [4.69, 9.17) is 27.6 Å². The van der Waals surface area contributed by atoms with Crippen LogP contribution in [0.2, 0.25) is 10.0 Å². The zero-order valence-electron chi connectivity index (χ0n) is 14.6. The van der Waals surface area contributed by atoms with Gasteiger partial charge in [-0.05, 0) is 42.0 Å². The summed E-state index contributed by atoms with van der Waals surface area (Å²) in [6.07, 6.45) is 2.92. The Kier molecular flexibility index (Phi) is 6.53. The van der Waals surface area contributed by atoms with Crippen molar-refractivity contribution >= 4 is 41.1 Å². The topological polar surface area (TPSA) is 71.3 Å². The lowest BCUT2D eigenvalue weighted by molar-refractivity contribution is -0.126. The smallest absolute Gasteiger partial charge is 0.262 e. The van der Waals surface area contributed by atoms with Crippen LogP contribution in [-0.4, -0.2) is 11.8 Å². The molecular formula is C21H16Cl2N2O3. The fourth-order valence-electron chi connectivity index (χ4n) is 2.43. The number of halogens is 2. The van der Waals surface area contributed by atoms with Gasteiger partial charge >= 0.3 is 0 Å². The summed E-state index contributed by atoms with van der Waals surface area (Å²) in [4.78, 5) is 23.7. The van der Waals surface area contributed by atoms with E-state index >= 15 is 0 Å². The highest BCUT2D eigenvalue weighted by molar-refractivity contribution is 6.35. The Hall–Kier alpha value is -3.02.